The second-order valence-corrected chi connectivity index (χ2v) is 8.67. The van der Waals surface area contributed by atoms with Crippen molar-refractivity contribution >= 4 is 35.1 Å². The van der Waals surface area contributed by atoms with Crippen LogP contribution in [0.1, 0.15) is 46.3 Å². The van der Waals surface area contributed by atoms with Crippen LogP contribution in [-0.4, -0.2) is 41.6 Å². The van der Waals surface area contributed by atoms with Crippen molar-refractivity contribution in [2.45, 2.75) is 44.2 Å². The highest BCUT2D eigenvalue weighted by Crippen LogP contribution is 2.38. The first-order valence-corrected chi connectivity index (χ1v) is 11.0. The number of methoxy groups -OCH3 is 1. The molecule has 2 aromatic carbocycles. The van der Waals surface area contributed by atoms with Crippen LogP contribution < -0.4 is 10.1 Å². The number of carbonyl (C=O) groups is 4. The van der Waals surface area contributed by atoms with E-state index in [0.29, 0.717) is 16.7 Å². The number of alkyl halides is 2. The molecule has 2 aromatic rings. The van der Waals surface area contributed by atoms with Gasteiger partial charge in [0.2, 0.25) is 17.6 Å². The minimum absolute atomic E-state index is 0.0389. The first kappa shape index (κ1) is 23.8. The Kier molecular flexibility index (Phi) is 6.40. The summed E-state index contributed by atoms with van der Waals surface area (Å²) in [6.45, 7) is 0.165. The maximum absolute atomic E-state index is 14.9. The number of ketones is 1. The molecule has 0 aliphatic carbocycles. The molecule has 1 fully saturated rings. The number of fused-ring (bicyclic) bond motifs is 1. The molecule has 1 N–H and O–H groups in total. The van der Waals surface area contributed by atoms with Gasteiger partial charge in [-0.15, -0.1) is 0 Å². The summed E-state index contributed by atoms with van der Waals surface area (Å²) in [4.78, 5) is 50.2. The number of aryl methyl sites for hydroxylation is 1. The largest absolute Gasteiger partial charge is 0.496 e. The van der Waals surface area contributed by atoms with Crippen LogP contribution in [0.3, 0.4) is 0 Å². The van der Waals surface area contributed by atoms with Crippen molar-refractivity contribution in [1.29, 1.82) is 0 Å². The highest BCUT2D eigenvalue weighted by atomic mass is 35.5. The summed E-state index contributed by atoms with van der Waals surface area (Å²) in [5.74, 6) is -6.41. The minimum Gasteiger partial charge on any atom is -0.496 e. The van der Waals surface area contributed by atoms with Crippen LogP contribution in [0.25, 0.3) is 0 Å². The molecule has 1 unspecified atom stereocenters. The lowest BCUT2D eigenvalue weighted by Gasteiger charge is -2.29. The van der Waals surface area contributed by atoms with Gasteiger partial charge in [-0.2, -0.15) is 8.78 Å². The molecular weight excluding hydrogens is 470 g/mol. The number of hydrogen-bond acceptors (Lipinski definition) is 5. The quantitative estimate of drug-likeness (QED) is 0.600. The van der Waals surface area contributed by atoms with Crippen LogP contribution in [0.4, 0.5) is 8.78 Å². The summed E-state index contributed by atoms with van der Waals surface area (Å²) in [6, 6.07) is 7.82. The van der Waals surface area contributed by atoms with Crippen molar-refractivity contribution in [1.82, 2.24) is 10.2 Å². The van der Waals surface area contributed by atoms with E-state index in [9.17, 15) is 28.0 Å². The van der Waals surface area contributed by atoms with Crippen molar-refractivity contribution in [2.75, 3.05) is 7.11 Å². The molecule has 1 saturated heterocycles. The molecule has 0 spiro atoms. The molecular formula is C24H21ClF2N2O5. The molecule has 2 aliphatic heterocycles. The van der Waals surface area contributed by atoms with Gasteiger partial charge in [0.05, 0.1) is 12.7 Å². The number of ether oxygens (including phenoxy) is 1. The number of rotatable bonds is 7. The second-order valence-electron chi connectivity index (χ2n) is 8.23. The topological polar surface area (TPSA) is 92.8 Å². The van der Waals surface area contributed by atoms with Crippen molar-refractivity contribution in [3.8, 4) is 5.75 Å². The lowest BCUT2D eigenvalue weighted by molar-refractivity contribution is -0.144. The average Bonchev–Trinajstić information content (AvgIpc) is 3.12. The first-order chi connectivity index (χ1) is 16.1. The van der Waals surface area contributed by atoms with Gasteiger partial charge in [0.15, 0.2) is 0 Å². The summed E-state index contributed by atoms with van der Waals surface area (Å²) >= 11 is 5.83. The van der Waals surface area contributed by atoms with Crippen LogP contribution in [0, 0.1) is 0 Å². The number of nitrogens with one attached hydrogen (secondary N) is 1. The van der Waals surface area contributed by atoms with Crippen molar-refractivity contribution in [2.24, 2.45) is 0 Å². The third-order valence-corrected chi connectivity index (χ3v) is 6.31. The van der Waals surface area contributed by atoms with Crippen molar-refractivity contribution in [3.05, 3.63) is 63.7 Å². The summed E-state index contributed by atoms with van der Waals surface area (Å²) in [7, 11) is 1.23. The van der Waals surface area contributed by atoms with E-state index in [0.717, 1.165) is 6.07 Å². The van der Waals surface area contributed by atoms with Gasteiger partial charge < -0.3 is 9.64 Å². The van der Waals surface area contributed by atoms with Crippen LogP contribution in [0.15, 0.2) is 36.4 Å². The molecule has 2 heterocycles. The Hall–Kier alpha value is -3.33. The zero-order valence-corrected chi connectivity index (χ0v) is 19.0. The van der Waals surface area contributed by atoms with Gasteiger partial charge in [-0.1, -0.05) is 23.7 Å². The Morgan fingerprint density at radius 1 is 1.21 bits per heavy atom. The number of benzene rings is 2. The molecule has 1 atom stereocenters. The van der Waals surface area contributed by atoms with E-state index >= 15 is 0 Å². The van der Waals surface area contributed by atoms with Gasteiger partial charge in [0.1, 0.15) is 11.8 Å². The third kappa shape index (κ3) is 4.40. The Morgan fingerprint density at radius 2 is 1.97 bits per heavy atom. The maximum atomic E-state index is 14.9. The number of halogens is 3. The molecule has 0 saturated carbocycles. The first-order valence-electron chi connectivity index (χ1n) is 10.6. The van der Waals surface area contributed by atoms with Gasteiger partial charge in [-0.25, -0.2) is 0 Å². The van der Waals surface area contributed by atoms with Crippen LogP contribution >= 0.6 is 11.6 Å². The van der Waals surface area contributed by atoms with E-state index in [1.165, 1.54) is 24.1 Å². The van der Waals surface area contributed by atoms with Crippen LogP contribution in [-0.2, 0) is 33.3 Å². The van der Waals surface area contributed by atoms with E-state index in [1.807, 2.05) is 0 Å². The van der Waals surface area contributed by atoms with Gasteiger partial charge in [-0.3, -0.25) is 24.5 Å². The van der Waals surface area contributed by atoms with Gasteiger partial charge >= 0.3 is 5.92 Å². The molecule has 34 heavy (non-hydrogen) atoms. The Labute approximate surface area is 199 Å². The fourth-order valence-electron chi connectivity index (χ4n) is 4.27. The second kappa shape index (κ2) is 9.13. The fourth-order valence-corrected chi connectivity index (χ4v) is 4.45. The average molecular weight is 491 g/mol. The van der Waals surface area contributed by atoms with Crippen LogP contribution in [0.5, 0.6) is 5.75 Å². The number of nitrogens with zero attached hydrogens (tertiary/aromatic N) is 1. The lowest BCUT2D eigenvalue weighted by Crippen LogP contribution is -2.52. The highest BCUT2D eigenvalue weighted by molar-refractivity contribution is 6.30. The summed E-state index contributed by atoms with van der Waals surface area (Å²) in [6.07, 6.45) is -0.00717. The van der Waals surface area contributed by atoms with E-state index < -0.39 is 35.6 Å². The predicted octanol–water partition coefficient (Wildman–Crippen LogP) is 3.40. The smallest absolute Gasteiger partial charge is 0.334 e. The normalized spacial score (nSPS) is 18.1. The van der Waals surface area contributed by atoms with Gasteiger partial charge in [0.25, 0.3) is 5.91 Å². The standard InChI is InChI=1S/C24H21ClF2N2O5/c1-34-19-7-4-15(25)11-17(19)24(26,27)20(30)8-3-13-2-5-16-14(10-13)12-29(23(16)33)18-6-9-21(31)28-22(18)32/h2,4-5,7,10-11,18H,3,6,8-9,12H2,1H3,(H,28,31,32). The van der Waals surface area contributed by atoms with Gasteiger partial charge in [-0.05, 0) is 48.2 Å². The monoisotopic (exact) mass is 490 g/mol. The number of hydrogen-bond donors (Lipinski definition) is 1. The molecule has 2 aliphatic rings. The number of amides is 3. The van der Waals surface area contributed by atoms with Crippen molar-refractivity contribution in [3.63, 3.8) is 0 Å². The highest BCUT2D eigenvalue weighted by Gasteiger charge is 2.43. The number of piperidine rings is 1. The maximum Gasteiger partial charge on any atom is 0.334 e. The summed E-state index contributed by atoms with van der Waals surface area (Å²) < 4.78 is 34.7. The zero-order chi connectivity index (χ0) is 24.6. The number of imide groups is 1. The molecule has 4 rings (SSSR count). The predicted molar refractivity (Wildman–Crippen MR) is 118 cm³/mol. The summed E-state index contributed by atoms with van der Waals surface area (Å²) in [5.41, 5.74) is 1.07. The zero-order valence-electron chi connectivity index (χ0n) is 18.2. The Bertz CT molecular complexity index is 1200. The van der Waals surface area contributed by atoms with Crippen LogP contribution in [0.2, 0.25) is 5.02 Å². The molecule has 0 aromatic heterocycles. The molecule has 178 valence electrons. The summed E-state index contributed by atoms with van der Waals surface area (Å²) in [5, 5.41) is 2.30. The molecule has 0 radical (unpaired) electrons. The number of carbonyl (C=O) groups excluding carboxylic acids is 4. The molecule has 7 nitrogen and oxygen atoms in total. The van der Waals surface area contributed by atoms with E-state index in [4.69, 9.17) is 16.3 Å². The van der Waals surface area contributed by atoms with Gasteiger partial charge in [0, 0.05) is 30.0 Å². The van der Waals surface area contributed by atoms with E-state index in [2.05, 4.69) is 5.32 Å². The van der Waals surface area contributed by atoms with E-state index in [1.54, 1.807) is 18.2 Å². The van der Waals surface area contributed by atoms with Crippen molar-refractivity contribution < 1.29 is 32.7 Å². The fraction of sp³-hybridized carbons (Fsp3) is 0.333. The van der Waals surface area contributed by atoms with E-state index in [-0.39, 0.29) is 48.4 Å². The third-order valence-electron chi connectivity index (χ3n) is 6.08. The Morgan fingerprint density at radius 3 is 2.68 bits per heavy atom. The SMILES string of the molecule is COc1ccc(Cl)cc1C(F)(F)C(=O)CCc1ccc2c(c1)CN(C1CCC(=O)NC1=O)C2=O. The molecule has 10 heteroatoms. The minimum atomic E-state index is -3.79. The number of Topliss-reactive ketones (excluding diaryl/α,β-unsaturated/α-hetero) is 1. The Balaban J connectivity index is 1.46. The molecule has 0 bridgehead atoms. The molecule has 3 amide bonds. The lowest BCUT2D eigenvalue weighted by atomic mass is 9.97.